The first-order valence-electron chi connectivity index (χ1n) is 7.86. The molecule has 0 aliphatic heterocycles. The largest absolute Gasteiger partial charge is 0.492 e. The molecule has 2 rings (SSSR count). The van der Waals surface area contributed by atoms with Crippen molar-refractivity contribution in [1.82, 2.24) is 5.32 Å². The predicted octanol–water partition coefficient (Wildman–Crippen LogP) is 1.16. The number of amides is 1. The molecule has 0 aliphatic rings. The van der Waals surface area contributed by atoms with E-state index in [1.54, 1.807) is 12.1 Å². The lowest BCUT2D eigenvalue weighted by atomic mass is 10.1. The zero-order chi connectivity index (χ0) is 18.3. The molecule has 0 aromatic heterocycles. The standard InChI is InChI=1S/C18H22N2O4S/c1-25(22,23)16-9-7-15(8-10-16)24-12-11-20-18(21)17(19)13-14-5-3-2-4-6-14/h2-10,17H,11-13,19H2,1H3,(H,20,21)/t17-/m0/s1. The number of carbonyl (C=O) groups excluding carboxylic acids is 1. The fourth-order valence-corrected chi connectivity index (χ4v) is 2.85. The van der Waals surface area contributed by atoms with E-state index in [9.17, 15) is 13.2 Å². The highest BCUT2D eigenvalue weighted by Gasteiger charge is 2.13. The van der Waals surface area contributed by atoms with E-state index in [4.69, 9.17) is 10.5 Å². The van der Waals surface area contributed by atoms with Crippen molar-refractivity contribution in [2.75, 3.05) is 19.4 Å². The molecule has 7 heteroatoms. The first-order valence-corrected chi connectivity index (χ1v) is 9.75. The van der Waals surface area contributed by atoms with Crippen LogP contribution in [-0.4, -0.2) is 39.8 Å². The van der Waals surface area contributed by atoms with Crippen LogP contribution in [0.2, 0.25) is 0 Å². The van der Waals surface area contributed by atoms with E-state index in [0.717, 1.165) is 11.8 Å². The van der Waals surface area contributed by atoms with Gasteiger partial charge in [-0.3, -0.25) is 4.79 Å². The Hall–Kier alpha value is -2.38. The Morgan fingerprint density at radius 3 is 2.36 bits per heavy atom. The van der Waals surface area contributed by atoms with E-state index in [-0.39, 0.29) is 17.4 Å². The normalized spacial score (nSPS) is 12.4. The average Bonchev–Trinajstić information content (AvgIpc) is 2.59. The number of ether oxygens (including phenoxy) is 1. The van der Waals surface area contributed by atoms with Gasteiger partial charge in [-0.25, -0.2) is 8.42 Å². The van der Waals surface area contributed by atoms with E-state index in [2.05, 4.69) is 5.32 Å². The molecule has 2 aromatic rings. The van der Waals surface area contributed by atoms with Crippen LogP contribution < -0.4 is 15.8 Å². The second kappa shape index (κ2) is 8.64. The lowest BCUT2D eigenvalue weighted by Crippen LogP contribution is -2.43. The van der Waals surface area contributed by atoms with Gasteiger partial charge in [0, 0.05) is 6.26 Å². The maximum Gasteiger partial charge on any atom is 0.237 e. The molecule has 6 nitrogen and oxygen atoms in total. The molecule has 0 heterocycles. The Balaban J connectivity index is 1.72. The Kier molecular flexibility index (Phi) is 6.55. The number of sulfone groups is 1. The molecule has 0 bridgehead atoms. The van der Waals surface area contributed by atoms with Crippen LogP contribution in [0.5, 0.6) is 5.75 Å². The molecular weight excluding hydrogens is 340 g/mol. The van der Waals surface area contributed by atoms with Crippen molar-refractivity contribution in [3.05, 3.63) is 60.2 Å². The van der Waals surface area contributed by atoms with Gasteiger partial charge >= 0.3 is 0 Å². The summed E-state index contributed by atoms with van der Waals surface area (Å²) in [5.74, 6) is 0.301. The third-order valence-electron chi connectivity index (χ3n) is 3.56. The van der Waals surface area contributed by atoms with Crippen LogP contribution in [-0.2, 0) is 21.1 Å². The van der Waals surface area contributed by atoms with Gasteiger partial charge in [0.1, 0.15) is 12.4 Å². The van der Waals surface area contributed by atoms with E-state index in [0.29, 0.717) is 18.7 Å². The number of nitrogens with one attached hydrogen (secondary N) is 1. The Morgan fingerprint density at radius 1 is 1.12 bits per heavy atom. The van der Waals surface area contributed by atoms with Gasteiger partial charge in [0.15, 0.2) is 9.84 Å². The topological polar surface area (TPSA) is 98.5 Å². The van der Waals surface area contributed by atoms with Crippen LogP contribution >= 0.6 is 0 Å². The molecule has 0 spiro atoms. The van der Waals surface area contributed by atoms with E-state index >= 15 is 0 Å². The molecule has 0 saturated heterocycles. The lowest BCUT2D eigenvalue weighted by molar-refractivity contribution is -0.122. The summed E-state index contributed by atoms with van der Waals surface area (Å²) in [5.41, 5.74) is 6.90. The summed E-state index contributed by atoms with van der Waals surface area (Å²) >= 11 is 0. The zero-order valence-electron chi connectivity index (χ0n) is 14.0. The molecule has 0 radical (unpaired) electrons. The quantitative estimate of drug-likeness (QED) is 0.687. The zero-order valence-corrected chi connectivity index (χ0v) is 14.8. The van der Waals surface area contributed by atoms with Crippen molar-refractivity contribution in [3.8, 4) is 5.75 Å². The van der Waals surface area contributed by atoms with Crippen LogP contribution in [0.25, 0.3) is 0 Å². The molecule has 0 unspecified atom stereocenters. The highest BCUT2D eigenvalue weighted by atomic mass is 32.2. The monoisotopic (exact) mass is 362 g/mol. The number of rotatable bonds is 8. The van der Waals surface area contributed by atoms with Gasteiger partial charge < -0.3 is 15.8 Å². The molecule has 3 N–H and O–H groups in total. The van der Waals surface area contributed by atoms with E-state index in [1.807, 2.05) is 30.3 Å². The van der Waals surface area contributed by atoms with Crippen molar-refractivity contribution in [2.45, 2.75) is 17.4 Å². The van der Waals surface area contributed by atoms with Gasteiger partial charge in [0.25, 0.3) is 0 Å². The summed E-state index contributed by atoms with van der Waals surface area (Å²) < 4.78 is 28.2. The first-order chi connectivity index (χ1) is 11.9. The average molecular weight is 362 g/mol. The molecule has 2 aromatic carbocycles. The predicted molar refractivity (Wildman–Crippen MR) is 96.2 cm³/mol. The number of hydrogen-bond donors (Lipinski definition) is 2. The van der Waals surface area contributed by atoms with Gasteiger partial charge in [-0.05, 0) is 36.2 Å². The number of nitrogens with two attached hydrogens (primary N) is 1. The molecule has 1 atom stereocenters. The fraction of sp³-hybridized carbons (Fsp3) is 0.278. The summed E-state index contributed by atoms with van der Waals surface area (Å²) in [7, 11) is -3.22. The fourth-order valence-electron chi connectivity index (χ4n) is 2.22. The van der Waals surface area contributed by atoms with Crippen LogP contribution in [0.4, 0.5) is 0 Å². The van der Waals surface area contributed by atoms with E-state index < -0.39 is 15.9 Å². The summed E-state index contributed by atoms with van der Waals surface area (Å²) in [6, 6.07) is 15.1. The first kappa shape index (κ1) is 19.0. The highest BCUT2D eigenvalue weighted by molar-refractivity contribution is 7.90. The van der Waals surface area contributed by atoms with Gasteiger partial charge in [0.2, 0.25) is 5.91 Å². The minimum Gasteiger partial charge on any atom is -0.492 e. The second-order valence-corrected chi connectivity index (χ2v) is 7.70. The van der Waals surface area contributed by atoms with E-state index in [1.165, 1.54) is 12.1 Å². The second-order valence-electron chi connectivity index (χ2n) is 5.68. The van der Waals surface area contributed by atoms with Crippen LogP contribution in [0.1, 0.15) is 5.56 Å². The SMILES string of the molecule is CS(=O)(=O)c1ccc(OCCNC(=O)[C@@H](N)Cc2ccccc2)cc1. The molecule has 134 valence electrons. The minimum atomic E-state index is -3.22. The van der Waals surface area contributed by atoms with Gasteiger partial charge in [0.05, 0.1) is 17.5 Å². The Bertz CT molecular complexity index is 790. The maximum absolute atomic E-state index is 12.0. The summed E-state index contributed by atoms with van der Waals surface area (Å²) in [4.78, 5) is 12.2. The Morgan fingerprint density at radius 2 is 1.76 bits per heavy atom. The third kappa shape index (κ3) is 6.21. The number of carbonyl (C=O) groups is 1. The van der Waals surface area contributed by atoms with Crippen LogP contribution in [0.15, 0.2) is 59.5 Å². The molecule has 0 aliphatic carbocycles. The summed E-state index contributed by atoms with van der Waals surface area (Å²) in [5, 5.41) is 2.72. The van der Waals surface area contributed by atoms with Gasteiger partial charge in [-0.15, -0.1) is 0 Å². The van der Waals surface area contributed by atoms with Crippen molar-refractivity contribution in [2.24, 2.45) is 5.73 Å². The van der Waals surface area contributed by atoms with Crippen molar-refractivity contribution >= 4 is 15.7 Å². The van der Waals surface area contributed by atoms with Crippen LogP contribution in [0.3, 0.4) is 0 Å². The molecule has 0 saturated carbocycles. The van der Waals surface area contributed by atoms with Crippen molar-refractivity contribution in [1.29, 1.82) is 0 Å². The summed E-state index contributed by atoms with van der Waals surface area (Å²) in [6.45, 7) is 0.581. The number of hydrogen-bond acceptors (Lipinski definition) is 5. The highest BCUT2D eigenvalue weighted by Crippen LogP contribution is 2.15. The van der Waals surface area contributed by atoms with Crippen molar-refractivity contribution in [3.63, 3.8) is 0 Å². The van der Waals surface area contributed by atoms with Gasteiger partial charge in [-0.2, -0.15) is 0 Å². The molecule has 0 fully saturated rings. The van der Waals surface area contributed by atoms with Gasteiger partial charge in [-0.1, -0.05) is 30.3 Å². The third-order valence-corrected chi connectivity index (χ3v) is 4.69. The summed E-state index contributed by atoms with van der Waals surface area (Å²) in [6.07, 6.45) is 1.62. The maximum atomic E-state index is 12.0. The number of benzene rings is 2. The Labute approximate surface area is 147 Å². The minimum absolute atomic E-state index is 0.236. The smallest absolute Gasteiger partial charge is 0.237 e. The van der Waals surface area contributed by atoms with Crippen LogP contribution in [0, 0.1) is 0 Å². The molecule has 1 amide bonds. The van der Waals surface area contributed by atoms with Crippen molar-refractivity contribution < 1.29 is 17.9 Å². The molecular formula is C18H22N2O4S. The lowest BCUT2D eigenvalue weighted by Gasteiger charge is -2.13. The molecule has 25 heavy (non-hydrogen) atoms.